The van der Waals surface area contributed by atoms with E-state index < -0.39 is 0 Å². The molecule has 0 amide bonds. The van der Waals surface area contributed by atoms with Crippen LogP contribution in [0.15, 0.2) is 5.16 Å². The molecule has 1 aliphatic heterocycles. The molecule has 5 nitrogen and oxygen atoms in total. The average molecular weight is 242 g/mol. The molecule has 0 aromatic rings. The summed E-state index contributed by atoms with van der Waals surface area (Å²) in [6.45, 7) is 6.80. The van der Waals surface area contributed by atoms with Gasteiger partial charge in [0.25, 0.3) is 0 Å². The largest absolute Gasteiger partial charge is 0.409 e. The molecule has 0 aliphatic carbocycles. The van der Waals surface area contributed by atoms with Gasteiger partial charge in [0.15, 0.2) is 0 Å². The van der Waals surface area contributed by atoms with Crippen molar-refractivity contribution in [1.82, 2.24) is 9.80 Å². The first-order valence-corrected chi connectivity index (χ1v) is 6.56. The van der Waals surface area contributed by atoms with Gasteiger partial charge < -0.3 is 15.8 Å². The molecule has 0 spiro atoms. The second kappa shape index (κ2) is 7.50. The number of oxime groups is 1. The monoisotopic (exact) mass is 242 g/mol. The van der Waals surface area contributed by atoms with Gasteiger partial charge in [0, 0.05) is 19.0 Å². The van der Waals surface area contributed by atoms with Gasteiger partial charge in [-0.1, -0.05) is 12.1 Å². The highest BCUT2D eigenvalue weighted by atomic mass is 16.4. The van der Waals surface area contributed by atoms with Gasteiger partial charge in [-0.3, -0.25) is 4.90 Å². The molecule has 0 aromatic carbocycles. The van der Waals surface area contributed by atoms with Gasteiger partial charge in [-0.15, -0.1) is 0 Å². The molecule has 1 aliphatic rings. The average Bonchev–Trinajstić information content (AvgIpc) is 2.50. The number of hydrogen-bond donors (Lipinski definition) is 2. The number of likely N-dealkylation sites (N-methyl/N-ethyl adjacent to an activating group) is 1. The van der Waals surface area contributed by atoms with Crippen molar-refractivity contribution < 1.29 is 5.21 Å². The van der Waals surface area contributed by atoms with Gasteiger partial charge in [0.1, 0.15) is 5.84 Å². The number of nitrogens with two attached hydrogens (primary N) is 1. The molecule has 1 unspecified atom stereocenters. The van der Waals surface area contributed by atoms with E-state index >= 15 is 0 Å². The van der Waals surface area contributed by atoms with E-state index in [1.807, 2.05) is 0 Å². The van der Waals surface area contributed by atoms with E-state index in [0.717, 1.165) is 19.5 Å². The summed E-state index contributed by atoms with van der Waals surface area (Å²) in [7, 11) is 2.20. The van der Waals surface area contributed by atoms with Crippen molar-refractivity contribution in [3.05, 3.63) is 0 Å². The molecule has 1 heterocycles. The first-order chi connectivity index (χ1) is 8.17. The number of amidine groups is 1. The Morgan fingerprint density at radius 3 is 2.88 bits per heavy atom. The van der Waals surface area contributed by atoms with E-state index in [1.54, 1.807) is 0 Å². The van der Waals surface area contributed by atoms with E-state index in [2.05, 4.69) is 28.9 Å². The Hall–Kier alpha value is -0.810. The predicted octanol–water partition coefficient (Wildman–Crippen LogP) is 0.929. The van der Waals surface area contributed by atoms with Crippen molar-refractivity contribution in [2.45, 2.75) is 38.6 Å². The van der Waals surface area contributed by atoms with Gasteiger partial charge in [-0.25, -0.2) is 0 Å². The maximum atomic E-state index is 8.49. The van der Waals surface area contributed by atoms with Crippen LogP contribution < -0.4 is 5.73 Å². The second-order valence-corrected chi connectivity index (χ2v) is 4.91. The molecule has 1 saturated heterocycles. The third-order valence-electron chi connectivity index (χ3n) is 3.50. The highest BCUT2D eigenvalue weighted by Crippen LogP contribution is 2.12. The summed E-state index contributed by atoms with van der Waals surface area (Å²) in [5, 5.41) is 11.5. The zero-order valence-corrected chi connectivity index (χ0v) is 11.1. The molecule has 0 aromatic heterocycles. The second-order valence-electron chi connectivity index (χ2n) is 4.91. The Morgan fingerprint density at radius 1 is 1.47 bits per heavy atom. The van der Waals surface area contributed by atoms with Crippen LogP contribution in [0, 0.1) is 0 Å². The summed E-state index contributed by atoms with van der Waals surface area (Å²) in [5.41, 5.74) is 5.48. The normalized spacial score (nSPS) is 24.8. The van der Waals surface area contributed by atoms with Crippen molar-refractivity contribution in [1.29, 1.82) is 0 Å². The van der Waals surface area contributed by atoms with E-state index in [1.165, 1.54) is 25.9 Å². The lowest BCUT2D eigenvalue weighted by Crippen LogP contribution is -2.40. The lowest BCUT2D eigenvalue weighted by molar-refractivity contribution is 0.182. The summed E-state index contributed by atoms with van der Waals surface area (Å²) < 4.78 is 0. The van der Waals surface area contributed by atoms with Gasteiger partial charge in [-0.2, -0.15) is 0 Å². The molecule has 17 heavy (non-hydrogen) atoms. The topological polar surface area (TPSA) is 65.1 Å². The van der Waals surface area contributed by atoms with Gasteiger partial charge in [0.05, 0.1) is 0 Å². The molecule has 0 radical (unpaired) electrons. The highest BCUT2D eigenvalue weighted by Gasteiger charge is 2.21. The quantitative estimate of drug-likeness (QED) is 0.326. The zero-order chi connectivity index (χ0) is 12.7. The highest BCUT2D eigenvalue weighted by molar-refractivity contribution is 5.79. The molecular weight excluding hydrogens is 216 g/mol. The van der Waals surface area contributed by atoms with Crippen molar-refractivity contribution in [2.24, 2.45) is 10.9 Å². The Labute approximate surface area is 104 Å². The minimum Gasteiger partial charge on any atom is -0.409 e. The smallest absolute Gasteiger partial charge is 0.139 e. The summed E-state index contributed by atoms with van der Waals surface area (Å²) in [4.78, 5) is 4.96. The van der Waals surface area contributed by atoms with E-state index in [9.17, 15) is 0 Å². The van der Waals surface area contributed by atoms with Crippen LogP contribution in [0.1, 0.15) is 32.6 Å². The summed E-state index contributed by atoms with van der Waals surface area (Å²) in [6.07, 6.45) is 4.07. The van der Waals surface area contributed by atoms with Crippen molar-refractivity contribution >= 4 is 5.84 Å². The van der Waals surface area contributed by atoms with Crippen LogP contribution in [-0.2, 0) is 0 Å². The standard InChI is InChI=1S/C12H26N4O/c1-3-11-10-15(2)7-5-9-16(11)8-4-6-12(13)14-17/h11,17H,3-10H2,1-2H3,(H2,13,14). The Balaban J connectivity index is 2.38. The molecule has 1 fully saturated rings. The fourth-order valence-electron chi connectivity index (χ4n) is 2.49. The summed E-state index contributed by atoms with van der Waals surface area (Å²) in [6, 6.07) is 0.648. The van der Waals surface area contributed by atoms with Crippen LogP contribution >= 0.6 is 0 Å². The van der Waals surface area contributed by atoms with E-state index in [-0.39, 0.29) is 0 Å². The van der Waals surface area contributed by atoms with Crippen molar-refractivity contribution in [2.75, 3.05) is 33.2 Å². The van der Waals surface area contributed by atoms with E-state index in [0.29, 0.717) is 18.3 Å². The lowest BCUT2D eigenvalue weighted by atomic mass is 10.1. The summed E-state index contributed by atoms with van der Waals surface area (Å²) >= 11 is 0. The fourth-order valence-corrected chi connectivity index (χ4v) is 2.49. The molecule has 5 heteroatoms. The third kappa shape index (κ3) is 4.91. The molecule has 1 rings (SSSR count). The molecule has 3 N–H and O–H groups in total. The number of nitrogens with zero attached hydrogens (tertiary/aromatic N) is 3. The molecular formula is C12H26N4O. The first kappa shape index (κ1) is 14.3. The third-order valence-corrected chi connectivity index (χ3v) is 3.50. The van der Waals surface area contributed by atoms with Crippen LogP contribution in [0.2, 0.25) is 0 Å². The molecule has 0 bridgehead atoms. The first-order valence-electron chi connectivity index (χ1n) is 6.56. The minimum absolute atomic E-state index is 0.338. The summed E-state index contributed by atoms with van der Waals surface area (Å²) in [5.74, 6) is 0.338. The SMILES string of the molecule is CCC1CN(C)CCCN1CCCC(N)=NO. The van der Waals surface area contributed by atoms with Crippen molar-refractivity contribution in [3.8, 4) is 0 Å². The van der Waals surface area contributed by atoms with Gasteiger partial charge in [0.2, 0.25) is 0 Å². The van der Waals surface area contributed by atoms with Gasteiger partial charge in [-0.05, 0) is 45.9 Å². The Bertz CT molecular complexity index is 245. The van der Waals surface area contributed by atoms with Crippen LogP contribution in [0.5, 0.6) is 0 Å². The maximum Gasteiger partial charge on any atom is 0.139 e. The number of rotatable bonds is 5. The molecule has 100 valence electrons. The van der Waals surface area contributed by atoms with Crippen molar-refractivity contribution in [3.63, 3.8) is 0 Å². The predicted molar refractivity (Wildman–Crippen MR) is 70.4 cm³/mol. The fraction of sp³-hybridized carbons (Fsp3) is 0.917. The Kier molecular flexibility index (Phi) is 6.29. The van der Waals surface area contributed by atoms with Crippen LogP contribution in [0.4, 0.5) is 0 Å². The van der Waals surface area contributed by atoms with E-state index in [4.69, 9.17) is 10.9 Å². The Morgan fingerprint density at radius 2 is 2.24 bits per heavy atom. The zero-order valence-electron chi connectivity index (χ0n) is 11.1. The van der Waals surface area contributed by atoms with Crippen LogP contribution in [0.25, 0.3) is 0 Å². The molecule has 0 saturated carbocycles. The minimum atomic E-state index is 0.338. The van der Waals surface area contributed by atoms with Crippen LogP contribution in [-0.4, -0.2) is 60.1 Å². The molecule has 1 atom stereocenters. The lowest BCUT2D eigenvalue weighted by Gasteiger charge is -2.30. The van der Waals surface area contributed by atoms with Crippen LogP contribution in [0.3, 0.4) is 0 Å². The van der Waals surface area contributed by atoms with Gasteiger partial charge >= 0.3 is 0 Å². The number of hydrogen-bond acceptors (Lipinski definition) is 4. The maximum absolute atomic E-state index is 8.49.